The van der Waals surface area contributed by atoms with Gasteiger partial charge in [-0.25, -0.2) is 4.98 Å². The van der Waals surface area contributed by atoms with Crippen molar-refractivity contribution in [2.45, 2.75) is 89.3 Å². The number of nitrogens with zero attached hydrogens (tertiary/aromatic N) is 4. The molecule has 1 aliphatic carbocycles. The van der Waals surface area contributed by atoms with E-state index in [9.17, 15) is 9.90 Å². The zero-order valence-corrected chi connectivity index (χ0v) is 21.6. The molecule has 0 unspecified atom stereocenters. The minimum atomic E-state index is -0.184. The lowest BCUT2D eigenvalue weighted by atomic mass is 9.89. The SMILES string of the molecule is CCC[C@H](C)Nc1ncc2c(C3CCN(C(=O)c4ccccc4)CC3)cn(C3CCC(O)CC3)c2n1. The monoisotopic (exact) mass is 489 g/mol. The van der Waals surface area contributed by atoms with Gasteiger partial charge in [-0.15, -0.1) is 0 Å². The zero-order chi connectivity index (χ0) is 25.1. The van der Waals surface area contributed by atoms with Gasteiger partial charge in [-0.05, 0) is 75.5 Å². The van der Waals surface area contributed by atoms with Crippen LogP contribution in [0.15, 0.2) is 42.7 Å². The van der Waals surface area contributed by atoms with Gasteiger partial charge in [0, 0.05) is 48.5 Å². The summed E-state index contributed by atoms with van der Waals surface area (Å²) in [5.74, 6) is 1.19. The Balaban J connectivity index is 1.39. The van der Waals surface area contributed by atoms with E-state index in [-0.39, 0.29) is 12.0 Å². The van der Waals surface area contributed by atoms with Crippen LogP contribution in [-0.4, -0.2) is 55.7 Å². The molecule has 0 bridgehead atoms. The van der Waals surface area contributed by atoms with E-state index in [2.05, 4.69) is 29.9 Å². The summed E-state index contributed by atoms with van der Waals surface area (Å²) in [7, 11) is 0. The Hall–Kier alpha value is -2.93. The molecule has 1 saturated carbocycles. The third-order valence-electron chi connectivity index (χ3n) is 8.00. The number of benzene rings is 1. The summed E-state index contributed by atoms with van der Waals surface area (Å²) in [4.78, 5) is 24.6. The van der Waals surface area contributed by atoms with E-state index in [0.717, 1.165) is 81.1 Å². The Morgan fingerprint density at radius 1 is 1.11 bits per heavy atom. The average molecular weight is 490 g/mol. The molecule has 2 aromatic heterocycles. The molecule has 3 aromatic rings. The van der Waals surface area contributed by atoms with Crippen LogP contribution in [0.1, 0.15) is 93.1 Å². The fourth-order valence-electron chi connectivity index (χ4n) is 5.95. The van der Waals surface area contributed by atoms with E-state index >= 15 is 0 Å². The van der Waals surface area contributed by atoms with Gasteiger partial charge in [0.2, 0.25) is 5.95 Å². The standard InChI is InChI=1S/C29H39N5O2/c1-3-7-20(2)31-29-30-18-25-26(19-34(27(25)32-29)23-10-12-24(35)13-11-23)21-14-16-33(17-15-21)28(36)22-8-5-4-6-9-22/h4-6,8-9,18-21,23-24,35H,3,7,10-17H2,1-2H3,(H,30,31,32)/t20-,23?,24?/m0/s1. The molecule has 1 atom stereocenters. The van der Waals surface area contributed by atoms with Crippen molar-refractivity contribution in [3.05, 3.63) is 53.9 Å². The largest absolute Gasteiger partial charge is 0.393 e. The summed E-state index contributed by atoms with van der Waals surface area (Å²) in [6.45, 7) is 5.88. The van der Waals surface area contributed by atoms with Crippen LogP contribution >= 0.6 is 0 Å². The normalized spacial score (nSPS) is 22.0. The molecule has 1 aliphatic heterocycles. The summed E-state index contributed by atoms with van der Waals surface area (Å²) >= 11 is 0. The van der Waals surface area contributed by atoms with Gasteiger partial charge >= 0.3 is 0 Å². The number of fused-ring (bicyclic) bond motifs is 1. The van der Waals surface area contributed by atoms with E-state index in [4.69, 9.17) is 9.97 Å². The Morgan fingerprint density at radius 3 is 2.53 bits per heavy atom. The maximum absolute atomic E-state index is 12.9. The quantitative estimate of drug-likeness (QED) is 0.456. The van der Waals surface area contributed by atoms with Gasteiger partial charge in [0.25, 0.3) is 5.91 Å². The number of aliphatic hydroxyl groups excluding tert-OH is 1. The molecule has 2 N–H and O–H groups in total. The molecule has 7 nitrogen and oxygen atoms in total. The van der Waals surface area contributed by atoms with Crippen molar-refractivity contribution in [2.75, 3.05) is 18.4 Å². The predicted molar refractivity (Wildman–Crippen MR) is 143 cm³/mol. The minimum Gasteiger partial charge on any atom is -0.393 e. The van der Waals surface area contributed by atoms with Gasteiger partial charge < -0.3 is 19.9 Å². The van der Waals surface area contributed by atoms with E-state index in [1.165, 1.54) is 5.56 Å². The highest BCUT2D eigenvalue weighted by atomic mass is 16.3. The number of nitrogens with one attached hydrogen (secondary N) is 1. The first kappa shape index (κ1) is 24.8. The summed E-state index contributed by atoms with van der Waals surface area (Å²) in [5, 5.41) is 14.7. The predicted octanol–water partition coefficient (Wildman–Crippen LogP) is 5.53. The first-order chi connectivity index (χ1) is 17.5. The molecule has 0 spiro atoms. The van der Waals surface area contributed by atoms with Crippen LogP contribution in [0.2, 0.25) is 0 Å². The second kappa shape index (κ2) is 11.0. The smallest absolute Gasteiger partial charge is 0.253 e. The third-order valence-corrected chi connectivity index (χ3v) is 8.00. The van der Waals surface area contributed by atoms with Gasteiger partial charge in [-0.3, -0.25) is 4.79 Å². The van der Waals surface area contributed by atoms with Crippen LogP contribution in [0.5, 0.6) is 0 Å². The van der Waals surface area contributed by atoms with Gasteiger partial charge in [0.15, 0.2) is 0 Å². The highest BCUT2D eigenvalue weighted by Crippen LogP contribution is 2.38. The molecular formula is C29H39N5O2. The Labute approximate surface area is 213 Å². The van der Waals surface area contributed by atoms with Gasteiger partial charge in [0.05, 0.1) is 6.10 Å². The minimum absolute atomic E-state index is 0.123. The molecule has 3 heterocycles. The average Bonchev–Trinajstić information content (AvgIpc) is 3.28. The molecule has 192 valence electrons. The fraction of sp³-hybridized carbons (Fsp3) is 0.552. The molecule has 0 radical (unpaired) electrons. The number of hydrogen-bond donors (Lipinski definition) is 2. The van der Waals surface area contributed by atoms with Crippen molar-refractivity contribution < 1.29 is 9.90 Å². The van der Waals surface area contributed by atoms with Crippen molar-refractivity contribution in [1.29, 1.82) is 0 Å². The van der Waals surface area contributed by atoms with Gasteiger partial charge in [0.1, 0.15) is 5.65 Å². The maximum Gasteiger partial charge on any atom is 0.253 e. The molecule has 5 rings (SSSR count). The first-order valence-electron chi connectivity index (χ1n) is 13.7. The molecule has 7 heteroatoms. The summed E-state index contributed by atoms with van der Waals surface area (Å²) in [5.41, 5.74) is 3.06. The number of likely N-dealkylation sites (tertiary alicyclic amines) is 1. The summed E-state index contributed by atoms with van der Waals surface area (Å²) in [6, 6.07) is 10.3. The number of amides is 1. The van der Waals surface area contributed by atoms with Gasteiger partial charge in [-0.2, -0.15) is 4.98 Å². The Kier molecular flexibility index (Phi) is 7.56. The lowest BCUT2D eigenvalue weighted by Crippen LogP contribution is -2.37. The number of aliphatic hydroxyl groups is 1. The molecule has 1 aromatic carbocycles. The zero-order valence-electron chi connectivity index (χ0n) is 21.6. The highest BCUT2D eigenvalue weighted by Gasteiger charge is 2.29. The van der Waals surface area contributed by atoms with Crippen LogP contribution in [0.4, 0.5) is 5.95 Å². The number of carbonyl (C=O) groups excluding carboxylic acids is 1. The van der Waals surface area contributed by atoms with Crippen molar-refractivity contribution in [3.8, 4) is 0 Å². The van der Waals surface area contributed by atoms with Crippen LogP contribution in [0, 0.1) is 0 Å². The number of piperidine rings is 1. The van der Waals surface area contributed by atoms with E-state index < -0.39 is 0 Å². The van der Waals surface area contributed by atoms with Crippen LogP contribution < -0.4 is 5.32 Å². The number of anilines is 1. The highest BCUT2D eigenvalue weighted by molar-refractivity contribution is 5.94. The van der Waals surface area contributed by atoms with E-state index in [1.807, 2.05) is 41.4 Å². The van der Waals surface area contributed by atoms with Crippen molar-refractivity contribution in [1.82, 2.24) is 19.4 Å². The lowest BCUT2D eigenvalue weighted by molar-refractivity contribution is 0.0713. The molecule has 2 aliphatic rings. The summed E-state index contributed by atoms with van der Waals surface area (Å²) in [6.07, 6.45) is 11.8. The van der Waals surface area contributed by atoms with Crippen LogP contribution in [0.3, 0.4) is 0 Å². The van der Waals surface area contributed by atoms with Crippen molar-refractivity contribution in [2.24, 2.45) is 0 Å². The number of aromatic nitrogens is 3. The number of carbonyl (C=O) groups is 1. The molecular weight excluding hydrogens is 450 g/mol. The maximum atomic E-state index is 12.9. The van der Waals surface area contributed by atoms with Crippen molar-refractivity contribution in [3.63, 3.8) is 0 Å². The Bertz CT molecular complexity index is 1160. The third kappa shape index (κ3) is 5.26. The topological polar surface area (TPSA) is 83.3 Å². The van der Waals surface area contributed by atoms with E-state index in [1.54, 1.807) is 0 Å². The van der Waals surface area contributed by atoms with E-state index in [0.29, 0.717) is 23.9 Å². The summed E-state index contributed by atoms with van der Waals surface area (Å²) < 4.78 is 2.36. The second-order valence-electron chi connectivity index (χ2n) is 10.7. The van der Waals surface area contributed by atoms with Crippen LogP contribution in [0.25, 0.3) is 11.0 Å². The molecule has 2 fully saturated rings. The molecule has 1 saturated heterocycles. The van der Waals surface area contributed by atoms with Gasteiger partial charge in [-0.1, -0.05) is 31.5 Å². The first-order valence-corrected chi connectivity index (χ1v) is 13.7. The number of hydrogen-bond acceptors (Lipinski definition) is 5. The molecule has 36 heavy (non-hydrogen) atoms. The van der Waals surface area contributed by atoms with Crippen LogP contribution in [-0.2, 0) is 0 Å². The lowest BCUT2D eigenvalue weighted by Gasteiger charge is -2.32. The van der Waals surface area contributed by atoms with Crippen molar-refractivity contribution >= 4 is 22.9 Å². The fourth-order valence-corrected chi connectivity index (χ4v) is 5.95. The second-order valence-corrected chi connectivity index (χ2v) is 10.7. The number of rotatable bonds is 7. The molecule has 1 amide bonds. The Morgan fingerprint density at radius 2 is 1.83 bits per heavy atom.